The zero-order valence-corrected chi connectivity index (χ0v) is 15.1. The monoisotopic (exact) mass is 358 g/mol. The lowest BCUT2D eigenvalue weighted by Crippen LogP contribution is -2.42. The Morgan fingerprint density at radius 2 is 2.12 bits per heavy atom. The molecular formula is C19H23FN4O2. The van der Waals surface area contributed by atoms with E-state index in [1.54, 1.807) is 22.1 Å². The summed E-state index contributed by atoms with van der Waals surface area (Å²) in [5.41, 5.74) is 1.17. The van der Waals surface area contributed by atoms with Gasteiger partial charge in [-0.1, -0.05) is 12.1 Å². The first kappa shape index (κ1) is 18.1. The van der Waals surface area contributed by atoms with Gasteiger partial charge in [0.1, 0.15) is 12.4 Å². The number of rotatable bonds is 4. The molecule has 7 heteroatoms. The van der Waals surface area contributed by atoms with Crippen molar-refractivity contribution in [3.63, 3.8) is 0 Å². The number of amides is 1. The number of halogens is 1. The van der Waals surface area contributed by atoms with Crippen LogP contribution >= 0.6 is 0 Å². The van der Waals surface area contributed by atoms with Crippen LogP contribution in [0.2, 0.25) is 0 Å². The molecule has 1 atom stereocenters. The molecule has 0 spiro atoms. The number of aromatic nitrogens is 2. The number of likely N-dealkylation sites (tertiary alicyclic amines) is 1. The maximum atomic E-state index is 13.6. The minimum Gasteiger partial charge on any atom is -0.376 e. The van der Waals surface area contributed by atoms with Gasteiger partial charge in [0.05, 0.1) is 17.9 Å². The molecule has 2 heterocycles. The second-order valence-electron chi connectivity index (χ2n) is 6.76. The largest absolute Gasteiger partial charge is 0.376 e. The van der Waals surface area contributed by atoms with Crippen LogP contribution in [-0.2, 0) is 11.3 Å². The normalized spacial score (nSPS) is 17.2. The molecule has 0 radical (unpaired) electrons. The van der Waals surface area contributed by atoms with Crippen LogP contribution in [0, 0.1) is 5.82 Å². The Morgan fingerprint density at radius 1 is 1.31 bits per heavy atom. The van der Waals surface area contributed by atoms with Crippen LogP contribution in [0.3, 0.4) is 0 Å². The average molecular weight is 358 g/mol. The van der Waals surface area contributed by atoms with E-state index in [1.165, 1.54) is 22.9 Å². The summed E-state index contributed by atoms with van der Waals surface area (Å²) in [7, 11) is 3.65. The van der Waals surface area contributed by atoms with E-state index in [2.05, 4.69) is 5.10 Å². The van der Waals surface area contributed by atoms with Crippen molar-refractivity contribution < 1.29 is 9.18 Å². The number of carbonyl (C=O) groups excluding carboxylic acids is 1. The third-order valence-corrected chi connectivity index (χ3v) is 4.71. The van der Waals surface area contributed by atoms with Gasteiger partial charge in [0.2, 0.25) is 5.91 Å². The Labute approximate surface area is 151 Å². The summed E-state index contributed by atoms with van der Waals surface area (Å²) in [4.78, 5) is 28.6. The smallest absolute Gasteiger partial charge is 0.269 e. The second-order valence-corrected chi connectivity index (χ2v) is 6.76. The number of piperidine rings is 1. The number of benzene rings is 1. The maximum absolute atomic E-state index is 13.6. The summed E-state index contributed by atoms with van der Waals surface area (Å²) in [5, 5.41) is 4.10. The molecule has 6 nitrogen and oxygen atoms in total. The van der Waals surface area contributed by atoms with Gasteiger partial charge in [-0.25, -0.2) is 9.07 Å². The van der Waals surface area contributed by atoms with Crippen molar-refractivity contribution in [3.05, 3.63) is 58.3 Å². The van der Waals surface area contributed by atoms with E-state index in [9.17, 15) is 14.0 Å². The molecule has 1 aromatic carbocycles. The van der Waals surface area contributed by atoms with Crippen molar-refractivity contribution in [2.24, 2.45) is 0 Å². The fraction of sp³-hybridized carbons (Fsp3) is 0.421. The Balaban J connectivity index is 1.80. The van der Waals surface area contributed by atoms with E-state index in [4.69, 9.17) is 0 Å². The first-order valence-electron chi connectivity index (χ1n) is 8.75. The molecule has 1 amide bonds. The second kappa shape index (κ2) is 7.68. The van der Waals surface area contributed by atoms with Gasteiger partial charge in [-0.05, 0) is 37.0 Å². The van der Waals surface area contributed by atoms with Crippen molar-refractivity contribution in [1.29, 1.82) is 0 Å². The van der Waals surface area contributed by atoms with Crippen molar-refractivity contribution in [3.8, 4) is 0 Å². The molecule has 26 heavy (non-hydrogen) atoms. The van der Waals surface area contributed by atoms with Gasteiger partial charge in [0, 0.05) is 26.7 Å². The van der Waals surface area contributed by atoms with Crippen LogP contribution in [0.1, 0.15) is 30.9 Å². The van der Waals surface area contributed by atoms with Crippen molar-refractivity contribution in [1.82, 2.24) is 14.7 Å². The topological polar surface area (TPSA) is 58.4 Å². The molecule has 1 aliphatic heterocycles. The van der Waals surface area contributed by atoms with E-state index in [-0.39, 0.29) is 29.9 Å². The fourth-order valence-corrected chi connectivity index (χ4v) is 3.30. The quantitative estimate of drug-likeness (QED) is 0.841. The number of anilines is 1. The van der Waals surface area contributed by atoms with Gasteiger partial charge >= 0.3 is 0 Å². The molecule has 1 fully saturated rings. The highest BCUT2D eigenvalue weighted by Gasteiger charge is 2.28. The Hall–Kier alpha value is -2.70. The third kappa shape index (κ3) is 3.92. The first-order valence-corrected chi connectivity index (χ1v) is 8.75. The number of carbonyl (C=O) groups is 1. The third-order valence-electron chi connectivity index (χ3n) is 4.71. The fourth-order valence-electron chi connectivity index (χ4n) is 3.30. The molecular weight excluding hydrogens is 335 g/mol. The predicted octanol–water partition coefficient (Wildman–Crippen LogP) is 2.20. The minimum absolute atomic E-state index is 0.113. The summed E-state index contributed by atoms with van der Waals surface area (Å²) in [6.45, 7) is 0.489. The molecule has 0 N–H and O–H groups in total. The molecule has 0 saturated carbocycles. The van der Waals surface area contributed by atoms with E-state index in [0.29, 0.717) is 12.2 Å². The van der Waals surface area contributed by atoms with Gasteiger partial charge < -0.3 is 9.80 Å². The molecule has 1 aromatic heterocycles. The lowest BCUT2D eigenvalue weighted by molar-refractivity contribution is -0.136. The predicted molar refractivity (Wildman–Crippen MR) is 97.5 cm³/mol. The highest BCUT2D eigenvalue weighted by Crippen LogP contribution is 2.31. The van der Waals surface area contributed by atoms with Crippen LogP contribution < -0.4 is 10.5 Å². The van der Waals surface area contributed by atoms with Gasteiger partial charge in [-0.3, -0.25) is 9.59 Å². The van der Waals surface area contributed by atoms with Crippen LogP contribution in [0.4, 0.5) is 10.1 Å². The maximum Gasteiger partial charge on any atom is 0.269 e. The Kier molecular flexibility index (Phi) is 5.35. The highest BCUT2D eigenvalue weighted by atomic mass is 19.1. The molecule has 3 rings (SSSR count). The van der Waals surface area contributed by atoms with Crippen molar-refractivity contribution in [2.45, 2.75) is 31.8 Å². The number of hydrogen-bond donors (Lipinski definition) is 0. The van der Waals surface area contributed by atoms with Gasteiger partial charge in [-0.15, -0.1) is 0 Å². The van der Waals surface area contributed by atoms with Gasteiger partial charge in [-0.2, -0.15) is 5.10 Å². The standard InChI is InChI=1S/C19H23FN4O2/c1-22(2)16-11-18(25)24(21-12-16)13-19(26)23-9-4-3-8-17(23)14-6-5-7-15(20)10-14/h5-7,10-12,17H,3-4,8-9,13H2,1-2H3. The van der Waals surface area contributed by atoms with Gasteiger partial charge in [0.15, 0.2) is 0 Å². The van der Waals surface area contributed by atoms with Crippen LogP contribution in [0.15, 0.2) is 41.3 Å². The molecule has 1 saturated heterocycles. The Morgan fingerprint density at radius 3 is 2.81 bits per heavy atom. The summed E-state index contributed by atoms with van der Waals surface area (Å²) >= 11 is 0. The van der Waals surface area contributed by atoms with Gasteiger partial charge in [0.25, 0.3) is 5.56 Å². The Bertz CT molecular complexity index is 849. The molecule has 2 aromatic rings. The van der Waals surface area contributed by atoms with Crippen molar-refractivity contribution in [2.75, 3.05) is 25.5 Å². The van der Waals surface area contributed by atoms with E-state index in [1.807, 2.05) is 20.2 Å². The summed E-state index contributed by atoms with van der Waals surface area (Å²) in [6.07, 6.45) is 4.24. The molecule has 138 valence electrons. The van der Waals surface area contributed by atoms with Crippen molar-refractivity contribution >= 4 is 11.6 Å². The van der Waals surface area contributed by atoms with Crippen LogP contribution in [0.25, 0.3) is 0 Å². The molecule has 0 aliphatic carbocycles. The average Bonchev–Trinajstić information content (AvgIpc) is 2.63. The SMILES string of the molecule is CN(C)c1cnn(CC(=O)N2CCCCC2c2cccc(F)c2)c(=O)c1. The van der Waals surface area contributed by atoms with E-state index >= 15 is 0 Å². The first-order chi connectivity index (χ1) is 12.5. The zero-order chi connectivity index (χ0) is 18.7. The van der Waals surface area contributed by atoms with Crippen LogP contribution in [-0.4, -0.2) is 41.2 Å². The molecule has 0 bridgehead atoms. The summed E-state index contributed by atoms with van der Waals surface area (Å²) < 4.78 is 14.8. The highest BCUT2D eigenvalue weighted by molar-refractivity contribution is 5.76. The molecule has 1 unspecified atom stereocenters. The lowest BCUT2D eigenvalue weighted by atomic mass is 9.95. The van der Waals surface area contributed by atoms with Crippen LogP contribution in [0.5, 0.6) is 0 Å². The molecule has 1 aliphatic rings. The number of nitrogens with zero attached hydrogens (tertiary/aromatic N) is 4. The van der Waals surface area contributed by atoms with E-state index < -0.39 is 0 Å². The minimum atomic E-state index is -0.316. The summed E-state index contributed by atoms with van der Waals surface area (Å²) in [6, 6.07) is 7.68. The zero-order valence-electron chi connectivity index (χ0n) is 15.1. The lowest BCUT2D eigenvalue weighted by Gasteiger charge is -2.36. The number of hydrogen-bond acceptors (Lipinski definition) is 4. The summed E-state index contributed by atoms with van der Waals surface area (Å²) in [5.74, 6) is -0.483. The van der Waals surface area contributed by atoms with E-state index in [0.717, 1.165) is 24.8 Å².